The first kappa shape index (κ1) is 17.3. The summed E-state index contributed by atoms with van der Waals surface area (Å²) in [5, 5.41) is 2.78. The van der Waals surface area contributed by atoms with Crippen LogP contribution < -0.4 is 20.5 Å². The van der Waals surface area contributed by atoms with Crippen molar-refractivity contribution in [3.63, 3.8) is 0 Å². The van der Waals surface area contributed by atoms with E-state index in [9.17, 15) is 4.79 Å². The molecule has 118 valence electrons. The molecule has 21 heavy (non-hydrogen) atoms. The average molecular weight is 296 g/mol. The topological polar surface area (TPSA) is 82.8 Å². The van der Waals surface area contributed by atoms with E-state index in [1.54, 1.807) is 25.3 Å². The summed E-state index contributed by atoms with van der Waals surface area (Å²) >= 11 is 0. The molecule has 6 heteroatoms. The number of methoxy groups -OCH3 is 1. The molecule has 0 spiro atoms. The predicted octanol–water partition coefficient (Wildman–Crippen LogP) is 1.79. The first-order valence-corrected chi connectivity index (χ1v) is 7.07. The van der Waals surface area contributed by atoms with Crippen molar-refractivity contribution in [2.45, 2.75) is 26.3 Å². The van der Waals surface area contributed by atoms with Gasteiger partial charge in [-0.1, -0.05) is 0 Å². The van der Waals surface area contributed by atoms with E-state index in [0.717, 1.165) is 0 Å². The van der Waals surface area contributed by atoms with Crippen LogP contribution in [0.4, 0.5) is 5.69 Å². The molecular formula is C15H24N2O4. The van der Waals surface area contributed by atoms with Crippen LogP contribution >= 0.6 is 0 Å². The molecule has 0 aliphatic rings. The van der Waals surface area contributed by atoms with Gasteiger partial charge in [0, 0.05) is 19.8 Å². The molecule has 1 amide bonds. The fourth-order valence-corrected chi connectivity index (χ4v) is 1.75. The molecule has 0 bridgehead atoms. The Morgan fingerprint density at radius 3 is 2.62 bits per heavy atom. The number of nitrogens with one attached hydrogen (secondary N) is 1. The molecule has 1 aromatic carbocycles. The van der Waals surface area contributed by atoms with Gasteiger partial charge in [0.15, 0.2) is 0 Å². The van der Waals surface area contributed by atoms with Crippen molar-refractivity contribution < 1.29 is 19.0 Å². The Morgan fingerprint density at radius 2 is 2.00 bits per heavy atom. The van der Waals surface area contributed by atoms with Crippen molar-refractivity contribution in [3.05, 3.63) is 18.2 Å². The van der Waals surface area contributed by atoms with Gasteiger partial charge in [-0.05, 0) is 32.4 Å². The second-order valence-corrected chi connectivity index (χ2v) is 4.40. The first-order chi connectivity index (χ1) is 10.1. The summed E-state index contributed by atoms with van der Waals surface area (Å²) < 4.78 is 15.8. The molecule has 1 unspecified atom stereocenters. The Hall–Kier alpha value is -1.79. The fraction of sp³-hybridized carbons (Fsp3) is 0.533. The molecule has 0 aliphatic heterocycles. The number of nitrogens with two attached hydrogens (primary N) is 1. The fourth-order valence-electron chi connectivity index (χ4n) is 1.75. The monoisotopic (exact) mass is 296 g/mol. The summed E-state index contributed by atoms with van der Waals surface area (Å²) in [7, 11) is 1.57. The molecule has 0 radical (unpaired) electrons. The molecular weight excluding hydrogens is 272 g/mol. The Kier molecular flexibility index (Phi) is 7.56. The van der Waals surface area contributed by atoms with E-state index in [1.165, 1.54) is 0 Å². The van der Waals surface area contributed by atoms with Gasteiger partial charge in [0.2, 0.25) is 5.91 Å². The molecule has 1 atom stereocenters. The minimum atomic E-state index is -0.629. The van der Waals surface area contributed by atoms with Crippen LogP contribution in [0.15, 0.2) is 18.2 Å². The van der Waals surface area contributed by atoms with E-state index in [4.69, 9.17) is 19.9 Å². The van der Waals surface area contributed by atoms with Crippen molar-refractivity contribution in [2.24, 2.45) is 5.73 Å². The molecule has 0 heterocycles. The van der Waals surface area contributed by atoms with E-state index in [-0.39, 0.29) is 5.91 Å². The number of anilines is 1. The zero-order valence-electron chi connectivity index (χ0n) is 12.8. The smallest absolute Gasteiger partial charge is 0.241 e. The normalized spacial score (nSPS) is 11.8. The number of hydrogen-bond acceptors (Lipinski definition) is 5. The highest BCUT2D eigenvalue weighted by molar-refractivity contribution is 5.96. The van der Waals surface area contributed by atoms with Crippen molar-refractivity contribution in [1.82, 2.24) is 0 Å². The zero-order chi connectivity index (χ0) is 15.7. The highest BCUT2D eigenvalue weighted by atomic mass is 16.5. The molecule has 3 N–H and O–H groups in total. The third-order valence-corrected chi connectivity index (χ3v) is 2.79. The van der Waals surface area contributed by atoms with E-state index in [1.807, 2.05) is 13.8 Å². The van der Waals surface area contributed by atoms with Crippen molar-refractivity contribution in [1.29, 1.82) is 0 Å². The van der Waals surface area contributed by atoms with Gasteiger partial charge < -0.3 is 25.3 Å². The van der Waals surface area contributed by atoms with Gasteiger partial charge in [-0.25, -0.2) is 0 Å². The molecule has 0 fully saturated rings. The SMILES string of the molecule is CCOc1ccc(OCC)c(NC(=O)C(N)CCOC)c1. The standard InChI is InChI=1S/C15H24N2O4/c1-4-20-11-6-7-14(21-5-2)13(10-11)17-15(18)12(16)8-9-19-3/h6-7,10,12H,4-5,8-9,16H2,1-3H3,(H,17,18). The van der Waals surface area contributed by atoms with Crippen LogP contribution in [0, 0.1) is 0 Å². The van der Waals surface area contributed by atoms with E-state index in [2.05, 4.69) is 5.32 Å². The molecule has 0 saturated heterocycles. The van der Waals surface area contributed by atoms with Crippen LogP contribution in [-0.4, -0.2) is 38.9 Å². The molecule has 0 aromatic heterocycles. The first-order valence-electron chi connectivity index (χ1n) is 7.07. The lowest BCUT2D eigenvalue weighted by molar-refractivity contribution is -0.117. The summed E-state index contributed by atoms with van der Waals surface area (Å²) in [6, 6.07) is 4.67. The number of carbonyl (C=O) groups excluding carboxylic acids is 1. The Balaban J connectivity index is 2.82. The van der Waals surface area contributed by atoms with Crippen LogP contribution in [0.3, 0.4) is 0 Å². The summed E-state index contributed by atoms with van der Waals surface area (Å²) in [5.41, 5.74) is 6.36. The highest BCUT2D eigenvalue weighted by Crippen LogP contribution is 2.29. The second-order valence-electron chi connectivity index (χ2n) is 4.40. The van der Waals surface area contributed by atoms with Gasteiger partial charge in [-0.2, -0.15) is 0 Å². The molecule has 1 rings (SSSR count). The van der Waals surface area contributed by atoms with Crippen molar-refractivity contribution in [2.75, 3.05) is 32.2 Å². The number of carbonyl (C=O) groups is 1. The maximum Gasteiger partial charge on any atom is 0.241 e. The van der Waals surface area contributed by atoms with E-state index < -0.39 is 6.04 Å². The molecule has 6 nitrogen and oxygen atoms in total. The second kappa shape index (κ2) is 9.20. The summed E-state index contributed by atoms with van der Waals surface area (Å²) in [6.07, 6.45) is 0.456. The van der Waals surface area contributed by atoms with Gasteiger partial charge in [0.1, 0.15) is 11.5 Å². The lowest BCUT2D eigenvalue weighted by atomic mass is 10.2. The van der Waals surface area contributed by atoms with Crippen LogP contribution in [0.25, 0.3) is 0 Å². The van der Waals surface area contributed by atoms with Crippen LogP contribution in [0.2, 0.25) is 0 Å². The van der Waals surface area contributed by atoms with Crippen molar-refractivity contribution in [3.8, 4) is 11.5 Å². The largest absolute Gasteiger partial charge is 0.494 e. The maximum absolute atomic E-state index is 12.1. The Morgan fingerprint density at radius 1 is 1.29 bits per heavy atom. The summed E-state index contributed by atoms with van der Waals surface area (Å²) in [5.74, 6) is 0.983. The quantitative estimate of drug-likeness (QED) is 0.726. The van der Waals surface area contributed by atoms with Crippen LogP contribution in [-0.2, 0) is 9.53 Å². The number of amides is 1. The lowest BCUT2D eigenvalue weighted by Crippen LogP contribution is -2.36. The van der Waals surface area contributed by atoms with E-state index >= 15 is 0 Å². The van der Waals surface area contributed by atoms with Gasteiger partial charge in [0.25, 0.3) is 0 Å². The molecule has 1 aromatic rings. The Labute approximate surface area is 125 Å². The predicted molar refractivity (Wildman–Crippen MR) is 81.9 cm³/mol. The number of benzene rings is 1. The summed E-state index contributed by atoms with van der Waals surface area (Å²) in [4.78, 5) is 12.1. The third kappa shape index (κ3) is 5.61. The number of rotatable bonds is 9. The highest BCUT2D eigenvalue weighted by Gasteiger charge is 2.16. The zero-order valence-corrected chi connectivity index (χ0v) is 12.8. The average Bonchev–Trinajstić information content (AvgIpc) is 2.47. The van der Waals surface area contributed by atoms with Crippen LogP contribution in [0.1, 0.15) is 20.3 Å². The van der Waals surface area contributed by atoms with Crippen molar-refractivity contribution >= 4 is 11.6 Å². The number of hydrogen-bond donors (Lipinski definition) is 2. The van der Waals surface area contributed by atoms with Crippen LogP contribution in [0.5, 0.6) is 11.5 Å². The lowest BCUT2D eigenvalue weighted by Gasteiger charge is -2.16. The molecule has 0 saturated carbocycles. The minimum Gasteiger partial charge on any atom is -0.494 e. The summed E-state index contributed by atoms with van der Waals surface area (Å²) in [6.45, 7) is 5.27. The van der Waals surface area contributed by atoms with Gasteiger partial charge in [-0.3, -0.25) is 4.79 Å². The van der Waals surface area contributed by atoms with E-state index in [0.29, 0.717) is 43.4 Å². The van der Waals surface area contributed by atoms with Gasteiger partial charge in [0.05, 0.1) is 24.9 Å². The maximum atomic E-state index is 12.1. The number of ether oxygens (including phenoxy) is 3. The third-order valence-electron chi connectivity index (χ3n) is 2.79. The Bertz CT molecular complexity index is 451. The minimum absolute atomic E-state index is 0.276. The molecule has 0 aliphatic carbocycles. The van der Waals surface area contributed by atoms with Gasteiger partial charge >= 0.3 is 0 Å². The van der Waals surface area contributed by atoms with Gasteiger partial charge in [-0.15, -0.1) is 0 Å².